The van der Waals surface area contributed by atoms with Gasteiger partial charge < -0.3 is 9.47 Å². The van der Waals surface area contributed by atoms with E-state index < -0.39 is 4.32 Å². The molecule has 0 unspecified atom stereocenters. The van der Waals surface area contributed by atoms with Crippen molar-refractivity contribution >= 4 is 15.9 Å². The van der Waals surface area contributed by atoms with Crippen molar-refractivity contribution in [2.45, 2.75) is 275 Å². The van der Waals surface area contributed by atoms with Crippen LogP contribution >= 0.6 is 15.9 Å². The molecule has 0 N–H and O–H groups in total. The van der Waals surface area contributed by atoms with Crippen LogP contribution in [0.3, 0.4) is 0 Å². The summed E-state index contributed by atoms with van der Waals surface area (Å²) in [7, 11) is 0. The van der Waals surface area contributed by atoms with Gasteiger partial charge in [-0.1, -0.05) is 316 Å². The van der Waals surface area contributed by atoms with Crippen molar-refractivity contribution < 1.29 is 9.47 Å². The Kier molecular flexibility index (Phi) is 32.1. The molecule has 0 bridgehead atoms. The summed E-state index contributed by atoms with van der Waals surface area (Å²) in [6.07, 6.45) is 56.2. The number of hydrogen-bond donors (Lipinski definition) is 0. The largest absolute Gasteiger partial charge is 0.494 e. The molecule has 0 aromatic heterocycles. The van der Waals surface area contributed by atoms with Gasteiger partial charge in [-0.15, -0.1) is 0 Å². The van der Waals surface area contributed by atoms with Gasteiger partial charge in [-0.3, -0.25) is 0 Å². The highest BCUT2D eigenvalue weighted by Crippen LogP contribution is 2.57. The summed E-state index contributed by atoms with van der Waals surface area (Å²) in [5.41, 5.74) is 6.31. The van der Waals surface area contributed by atoms with Gasteiger partial charge in [-0.2, -0.15) is 0 Å². The lowest BCUT2D eigenvalue weighted by Gasteiger charge is -2.26. The molecule has 2 nitrogen and oxygen atoms in total. The number of halogens is 1. The molecule has 3 aromatic rings. The molecule has 3 aromatic carbocycles. The van der Waals surface area contributed by atoms with Gasteiger partial charge in [0.2, 0.25) is 0 Å². The number of fused-ring (bicyclic) bond motifs is 3. The SMILES string of the molecule is CCCCCCCCCCCCCCCCCCCCCCOc1ccc2c(c1)C(Br)(c1ccccc1)c1cc(OCCCCCCCCCCCCCCCCCCCCCC)ccc1-2. The second kappa shape index (κ2) is 37.6. The van der Waals surface area contributed by atoms with Crippen LogP contribution in [0.15, 0.2) is 66.7 Å². The Labute approximate surface area is 417 Å². The van der Waals surface area contributed by atoms with E-state index in [1.165, 1.54) is 272 Å². The molecular formula is C63H101BrO2. The summed E-state index contributed by atoms with van der Waals surface area (Å²) < 4.78 is 12.4. The minimum Gasteiger partial charge on any atom is -0.494 e. The standard InChI is InChI=1S/C63H101BrO2/c1-3-5-7-9-11-13-15-17-19-21-23-25-27-29-31-33-35-37-39-44-52-65-57-48-50-59-60-51-49-58(55-62(60)63(64,61(59)54-57)56-46-42-41-43-47-56)66-53-45-40-38-36-34-32-30-28-26-24-22-20-18-16-14-12-10-8-6-4-2/h41-43,46-51,54-55H,3-40,44-45,52-53H2,1-2H3. The summed E-state index contributed by atoms with van der Waals surface area (Å²) in [6.45, 7) is 6.17. The lowest BCUT2D eigenvalue weighted by molar-refractivity contribution is 0.304. The summed E-state index contributed by atoms with van der Waals surface area (Å²) in [5.74, 6) is 1.94. The fraction of sp³-hybridized carbons (Fsp3) is 0.714. The number of unbranched alkanes of at least 4 members (excludes halogenated alkanes) is 38. The lowest BCUT2D eigenvalue weighted by Crippen LogP contribution is -2.18. The van der Waals surface area contributed by atoms with Crippen molar-refractivity contribution in [2.24, 2.45) is 0 Å². The highest BCUT2D eigenvalue weighted by molar-refractivity contribution is 9.10. The van der Waals surface area contributed by atoms with Crippen molar-refractivity contribution in [2.75, 3.05) is 13.2 Å². The average molecular weight is 970 g/mol. The van der Waals surface area contributed by atoms with E-state index in [2.05, 4.69) is 96.5 Å². The molecule has 1 aliphatic rings. The minimum atomic E-state index is -0.447. The normalized spacial score (nSPS) is 12.7. The van der Waals surface area contributed by atoms with Gasteiger partial charge in [0.05, 0.1) is 13.2 Å². The summed E-state index contributed by atoms with van der Waals surface area (Å²) in [6, 6.07) is 24.4. The lowest BCUT2D eigenvalue weighted by atomic mass is 9.89. The molecule has 0 fully saturated rings. The van der Waals surface area contributed by atoms with Crippen LogP contribution in [0, 0.1) is 0 Å². The van der Waals surface area contributed by atoms with Crippen molar-refractivity contribution in [3.05, 3.63) is 83.4 Å². The Morgan fingerprint density at radius 2 is 0.576 bits per heavy atom. The zero-order chi connectivity index (χ0) is 46.4. The van der Waals surface area contributed by atoms with Gasteiger partial charge in [-0.05, 0) is 64.9 Å². The molecule has 66 heavy (non-hydrogen) atoms. The maximum absolute atomic E-state index is 6.43. The molecule has 0 heterocycles. The summed E-state index contributed by atoms with van der Waals surface area (Å²) in [4.78, 5) is 0. The molecule has 0 saturated carbocycles. The predicted octanol–water partition coefficient (Wildman–Crippen LogP) is 21.8. The molecule has 4 rings (SSSR count). The number of ether oxygens (including phenoxy) is 2. The molecule has 0 spiro atoms. The number of benzene rings is 3. The fourth-order valence-electron chi connectivity index (χ4n) is 10.5. The first-order chi connectivity index (χ1) is 32.7. The van der Waals surface area contributed by atoms with Crippen molar-refractivity contribution in [3.63, 3.8) is 0 Å². The van der Waals surface area contributed by atoms with Crippen LogP contribution in [-0.2, 0) is 4.32 Å². The zero-order valence-corrected chi connectivity index (χ0v) is 44.8. The third-order valence-electron chi connectivity index (χ3n) is 14.7. The molecule has 372 valence electrons. The minimum absolute atomic E-state index is 0.447. The Morgan fingerprint density at radius 1 is 0.318 bits per heavy atom. The van der Waals surface area contributed by atoms with Gasteiger partial charge in [0.1, 0.15) is 15.8 Å². The molecule has 3 heteroatoms. The van der Waals surface area contributed by atoms with E-state index >= 15 is 0 Å². The quantitative estimate of drug-likeness (QED) is 0.0415. The topological polar surface area (TPSA) is 18.5 Å². The highest BCUT2D eigenvalue weighted by Gasteiger charge is 2.43. The van der Waals surface area contributed by atoms with Gasteiger partial charge in [-0.25, -0.2) is 0 Å². The van der Waals surface area contributed by atoms with Crippen LogP contribution in [0.5, 0.6) is 11.5 Å². The Bertz CT molecular complexity index is 1490. The fourth-order valence-corrected chi connectivity index (χ4v) is 11.4. The van der Waals surface area contributed by atoms with E-state index in [-0.39, 0.29) is 0 Å². The third-order valence-corrected chi connectivity index (χ3v) is 16.0. The molecule has 0 saturated heterocycles. The molecule has 0 amide bonds. The van der Waals surface area contributed by atoms with Gasteiger partial charge in [0.25, 0.3) is 0 Å². The van der Waals surface area contributed by atoms with Crippen LogP contribution in [0.2, 0.25) is 0 Å². The van der Waals surface area contributed by atoms with Crippen LogP contribution in [0.1, 0.15) is 287 Å². The smallest absolute Gasteiger partial charge is 0.119 e. The average Bonchev–Trinajstić information content (AvgIpc) is 3.59. The Hall–Kier alpha value is -2.26. The van der Waals surface area contributed by atoms with E-state index in [0.29, 0.717) is 0 Å². The Balaban J connectivity index is 1.04. The summed E-state index contributed by atoms with van der Waals surface area (Å²) in [5, 5.41) is 0. The van der Waals surface area contributed by atoms with Crippen LogP contribution in [-0.4, -0.2) is 13.2 Å². The predicted molar refractivity (Wildman–Crippen MR) is 294 cm³/mol. The molecule has 1 aliphatic carbocycles. The monoisotopic (exact) mass is 969 g/mol. The first kappa shape index (κ1) is 56.3. The molecule has 0 radical (unpaired) electrons. The summed E-state index contributed by atoms with van der Waals surface area (Å²) >= 11 is 4.33. The van der Waals surface area contributed by atoms with Crippen molar-refractivity contribution in [1.29, 1.82) is 0 Å². The second-order valence-electron chi connectivity index (χ2n) is 20.6. The van der Waals surface area contributed by atoms with E-state index in [1.807, 2.05) is 0 Å². The van der Waals surface area contributed by atoms with Gasteiger partial charge in [0, 0.05) is 0 Å². The van der Waals surface area contributed by atoms with E-state index in [9.17, 15) is 0 Å². The van der Waals surface area contributed by atoms with E-state index in [4.69, 9.17) is 9.47 Å². The van der Waals surface area contributed by atoms with Crippen LogP contribution in [0.25, 0.3) is 11.1 Å². The maximum Gasteiger partial charge on any atom is 0.119 e. The molecular weight excluding hydrogens is 869 g/mol. The van der Waals surface area contributed by atoms with Crippen LogP contribution < -0.4 is 9.47 Å². The van der Waals surface area contributed by atoms with Crippen molar-refractivity contribution in [1.82, 2.24) is 0 Å². The first-order valence-electron chi connectivity index (χ1n) is 29.0. The Morgan fingerprint density at radius 3 is 0.848 bits per heavy atom. The highest BCUT2D eigenvalue weighted by atomic mass is 79.9. The molecule has 0 atom stereocenters. The van der Waals surface area contributed by atoms with Crippen LogP contribution in [0.4, 0.5) is 0 Å². The van der Waals surface area contributed by atoms with Gasteiger partial charge in [0.15, 0.2) is 0 Å². The number of hydrogen-bond acceptors (Lipinski definition) is 2. The number of rotatable bonds is 45. The maximum atomic E-state index is 6.43. The van der Waals surface area contributed by atoms with E-state index in [0.717, 1.165) is 37.6 Å². The first-order valence-corrected chi connectivity index (χ1v) is 29.8. The second-order valence-corrected chi connectivity index (χ2v) is 21.8. The van der Waals surface area contributed by atoms with E-state index in [1.54, 1.807) is 0 Å². The molecule has 0 aliphatic heterocycles. The van der Waals surface area contributed by atoms with Crippen molar-refractivity contribution in [3.8, 4) is 22.6 Å². The third kappa shape index (κ3) is 22.9. The van der Waals surface area contributed by atoms with Gasteiger partial charge >= 0.3 is 0 Å². The zero-order valence-electron chi connectivity index (χ0n) is 43.2. The number of alkyl halides is 1.